The number of nitrogens with zero attached hydrogens (tertiary/aromatic N) is 2. The average Bonchev–Trinajstić information content (AvgIpc) is 2.50. The van der Waals surface area contributed by atoms with Gasteiger partial charge in [-0.3, -0.25) is 4.31 Å². The van der Waals surface area contributed by atoms with Gasteiger partial charge < -0.3 is 4.74 Å². The van der Waals surface area contributed by atoms with Gasteiger partial charge in [0.1, 0.15) is 0 Å². The third kappa shape index (κ3) is 3.81. The molecule has 0 aromatic heterocycles. The van der Waals surface area contributed by atoms with Crippen LogP contribution in [0.4, 0.5) is 0 Å². The van der Waals surface area contributed by atoms with E-state index in [1.165, 1.54) is 14.8 Å². The van der Waals surface area contributed by atoms with Crippen LogP contribution in [0.2, 0.25) is 0 Å². The van der Waals surface area contributed by atoms with E-state index in [0.29, 0.717) is 5.57 Å². The summed E-state index contributed by atoms with van der Waals surface area (Å²) in [5.41, 5.74) is 1.15. The van der Waals surface area contributed by atoms with E-state index in [9.17, 15) is 13.2 Å². The van der Waals surface area contributed by atoms with Crippen molar-refractivity contribution in [1.82, 2.24) is 8.61 Å². The molecule has 1 aromatic rings. The Bertz CT molecular complexity index is 748. The molecule has 0 saturated carbocycles. The predicted molar refractivity (Wildman–Crippen MR) is 95.2 cm³/mol. The minimum atomic E-state index is -3.69. The van der Waals surface area contributed by atoms with Crippen molar-refractivity contribution in [3.05, 3.63) is 46.1 Å². The first-order valence-corrected chi connectivity index (χ1v) is 9.92. The maximum Gasteiger partial charge on any atom is 0.337 e. The molecule has 2 rings (SSSR count). The minimum Gasteiger partial charge on any atom is -0.463 e. The number of carbonyl (C=O) groups excluding carboxylic acids is 1. The van der Waals surface area contributed by atoms with Crippen LogP contribution in [-0.2, 0) is 26.3 Å². The molecule has 0 amide bonds. The van der Waals surface area contributed by atoms with Crippen LogP contribution in [0.3, 0.4) is 0 Å². The van der Waals surface area contributed by atoms with E-state index in [-0.39, 0.29) is 19.7 Å². The van der Waals surface area contributed by atoms with Crippen LogP contribution in [0.1, 0.15) is 26.3 Å². The first kappa shape index (κ1) is 19.0. The Morgan fingerprint density at radius 2 is 2.04 bits per heavy atom. The molecule has 0 aliphatic carbocycles. The molecule has 6 nitrogen and oxygen atoms in total. The van der Waals surface area contributed by atoms with E-state index in [1.807, 2.05) is 24.3 Å². The molecule has 1 aliphatic rings. The van der Waals surface area contributed by atoms with Gasteiger partial charge >= 0.3 is 16.2 Å². The zero-order chi connectivity index (χ0) is 17.9. The monoisotopic (exact) mass is 416 g/mol. The van der Waals surface area contributed by atoms with Crippen LogP contribution in [0, 0.1) is 0 Å². The summed E-state index contributed by atoms with van der Waals surface area (Å²) in [6, 6.07) is 6.84. The lowest BCUT2D eigenvalue weighted by Gasteiger charge is -2.37. The maximum absolute atomic E-state index is 12.8. The molecule has 0 bridgehead atoms. The van der Waals surface area contributed by atoms with Gasteiger partial charge in [0.2, 0.25) is 0 Å². The summed E-state index contributed by atoms with van der Waals surface area (Å²) < 4.78 is 34.1. The summed E-state index contributed by atoms with van der Waals surface area (Å²) in [5, 5.41) is 0. The first-order valence-electron chi connectivity index (χ1n) is 7.73. The van der Waals surface area contributed by atoms with Crippen molar-refractivity contribution >= 4 is 32.1 Å². The van der Waals surface area contributed by atoms with Crippen molar-refractivity contribution in [2.45, 2.75) is 33.4 Å². The number of benzene rings is 1. The molecule has 1 unspecified atom stereocenters. The van der Waals surface area contributed by atoms with Gasteiger partial charge in [-0.15, -0.1) is 0 Å². The van der Waals surface area contributed by atoms with Gasteiger partial charge in [-0.2, -0.15) is 12.7 Å². The van der Waals surface area contributed by atoms with E-state index in [2.05, 4.69) is 15.9 Å². The Morgan fingerprint density at radius 1 is 1.33 bits per heavy atom. The molecule has 1 atom stereocenters. The van der Waals surface area contributed by atoms with Crippen molar-refractivity contribution < 1.29 is 17.9 Å². The van der Waals surface area contributed by atoms with Crippen molar-refractivity contribution in [1.29, 1.82) is 0 Å². The maximum atomic E-state index is 12.8. The van der Waals surface area contributed by atoms with Crippen molar-refractivity contribution in [3.63, 3.8) is 0 Å². The smallest absolute Gasteiger partial charge is 0.337 e. The molecule has 0 radical (unpaired) electrons. The highest BCUT2D eigenvalue weighted by Crippen LogP contribution is 2.27. The average molecular weight is 417 g/mol. The van der Waals surface area contributed by atoms with E-state index >= 15 is 0 Å². The fraction of sp³-hybridized carbons (Fsp3) is 0.438. The molecule has 132 valence electrons. The number of esters is 1. The highest BCUT2D eigenvalue weighted by molar-refractivity contribution is 9.10. The zero-order valence-corrected chi connectivity index (χ0v) is 16.3. The van der Waals surface area contributed by atoms with E-state index in [0.717, 1.165) is 10.0 Å². The summed E-state index contributed by atoms with van der Waals surface area (Å²) >= 11 is 3.38. The molecule has 24 heavy (non-hydrogen) atoms. The number of rotatable bonds is 5. The number of halogens is 1. The summed E-state index contributed by atoms with van der Waals surface area (Å²) in [7, 11) is -3.69. The Labute approximate surface area is 151 Å². The summed E-state index contributed by atoms with van der Waals surface area (Å²) in [6.07, 6.45) is 1.39. The van der Waals surface area contributed by atoms with E-state index < -0.39 is 22.2 Å². The molecular weight excluding hydrogens is 396 g/mol. The SMILES string of the molecule is CCOC(=O)C1=CN(Cc2cccc(Br)c2)S(=O)(=O)N(CC)C1C. The van der Waals surface area contributed by atoms with Crippen LogP contribution in [0.25, 0.3) is 0 Å². The van der Waals surface area contributed by atoms with Crippen molar-refractivity contribution in [2.75, 3.05) is 13.2 Å². The standard InChI is InChI=1S/C16H21BrN2O4S/c1-4-19-12(3)15(16(20)23-5-2)11-18(24(19,21)22)10-13-7-6-8-14(17)9-13/h6-9,11-12H,4-5,10H2,1-3H3. The minimum absolute atomic E-state index is 0.147. The highest BCUT2D eigenvalue weighted by Gasteiger charge is 2.39. The lowest BCUT2D eigenvalue weighted by molar-refractivity contribution is -0.139. The second-order valence-corrected chi connectivity index (χ2v) is 8.12. The fourth-order valence-corrected chi connectivity index (χ4v) is 4.75. The summed E-state index contributed by atoms with van der Waals surface area (Å²) in [4.78, 5) is 12.2. The highest BCUT2D eigenvalue weighted by atomic mass is 79.9. The first-order chi connectivity index (χ1) is 11.3. The molecule has 0 saturated heterocycles. The van der Waals surface area contributed by atoms with Crippen molar-refractivity contribution in [2.24, 2.45) is 0 Å². The Kier molecular flexibility index (Phi) is 6.06. The Hall–Kier alpha value is -1.38. The van der Waals surface area contributed by atoms with Crippen LogP contribution in [0.5, 0.6) is 0 Å². The van der Waals surface area contributed by atoms with Crippen molar-refractivity contribution in [3.8, 4) is 0 Å². The predicted octanol–water partition coefficient (Wildman–Crippen LogP) is 2.67. The number of ether oxygens (including phenoxy) is 1. The largest absolute Gasteiger partial charge is 0.463 e. The third-order valence-corrected chi connectivity index (χ3v) is 6.30. The number of hydrogen-bond donors (Lipinski definition) is 0. The lowest BCUT2D eigenvalue weighted by atomic mass is 10.1. The molecule has 1 aliphatic heterocycles. The molecule has 0 spiro atoms. The lowest BCUT2D eigenvalue weighted by Crippen LogP contribution is -2.51. The molecule has 1 aromatic carbocycles. The van der Waals surface area contributed by atoms with Crippen LogP contribution < -0.4 is 0 Å². The van der Waals surface area contributed by atoms with Gasteiger partial charge in [-0.05, 0) is 31.5 Å². The number of carbonyl (C=O) groups is 1. The zero-order valence-electron chi connectivity index (χ0n) is 13.9. The third-order valence-electron chi connectivity index (χ3n) is 3.81. The van der Waals surface area contributed by atoms with Gasteiger partial charge in [-0.25, -0.2) is 4.79 Å². The normalized spacial score (nSPS) is 20.6. The van der Waals surface area contributed by atoms with E-state index in [4.69, 9.17) is 4.74 Å². The van der Waals surface area contributed by atoms with Gasteiger partial charge in [0, 0.05) is 17.2 Å². The summed E-state index contributed by atoms with van der Waals surface area (Å²) in [6.45, 7) is 5.83. The molecule has 0 N–H and O–H groups in total. The van der Waals surface area contributed by atoms with Crippen LogP contribution in [0.15, 0.2) is 40.5 Å². The molecular formula is C16H21BrN2O4S. The van der Waals surface area contributed by atoms with Gasteiger partial charge in [0.25, 0.3) is 0 Å². The Balaban J connectivity index is 2.43. The second-order valence-electron chi connectivity index (χ2n) is 5.37. The van der Waals surface area contributed by atoms with E-state index in [1.54, 1.807) is 20.8 Å². The van der Waals surface area contributed by atoms with Gasteiger partial charge in [0.15, 0.2) is 0 Å². The Morgan fingerprint density at radius 3 is 2.62 bits per heavy atom. The quantitative estimate of drug-likeness (QED) is 0.691. The molecule has 8 heteroatoms. The van der Waals surface area contributed by atoms with Gasteiger partial charge in [0.05, 0.1) is 24.8 Å². The molecule has 0 fully saturated rings. The fourth-order valence-electron chi connectivity index (χ4n) is 2.64. The number of likely N-dealkylation sites (N-methyl/N-ethyl adjacent to an activating group) is 1. The summed E-state index contributed by atoms with van der Waals surface area (Å²) in [5.74, 6) is -0.488. The van der Waals surface area contributed by atoms with Crippen LogP contribution in [-0.4, -0.2) is 42.2 Å². The number of hydrogen-bond acceptors (Lipinski definition) is 4. The second kappa shape index (κ2) is 7.67. The topological polar surface area (TPSA) is 66.9 Å². The van der Waals surface area contributed by atoms with Crippen LogP contribution >= 0.6 is 15.9 Å². The molecule has 1 heterocycles. The van der Waals surface area contributed by atoms with Gasteiger partial charge in [-0.1, -0.05) is 35.0 Å².